The molecular formula is C16H20F3N3O2. The molecule has 3 heterocycles. The van der Waals surface area contributed by atoms with Gasteiger partial charge in [0.25, 0.3) is 5.91 Å². The maximum absolute atomic E-state index is 12.6. The molecule has 132 valence electrons. The van der Waals surface area contributed by atoms with E-state index >= 15 is 0 Å². The molecule has 2 fully saturated rings. The van der Waals surface area contributed by atoms with Gasteiger partial charge in [-0.2, -0.15) is 13.2 Å². The van der Waals surface area contributed by atoms with Crippen molar-refractivity contribution in [2.75, 3.05) is 37.7 Å². The van der Waals surface area contributed by atoms with Crippen LogP contribution < -0.4 is 4.90 Å². The molecule has 0 spiro atoms. The van der Waals surface area contributed by atoms with Crippen LogP contribution in [-0.2, 0) is 15.7 Å². The van der Waals surface area contributed by atoms with E-state index in [1.165, 1.54) is 6.07 Å². The summed E-state index contributed by atoms with van der Waals surface area (Å²) in [5.41, 5.74) is -0.753. The lowest BCUT2D eigenvalue weighted by Gasteiger charge is -2.24. The van der Waals surface area contributed by atoms with Gasteiger partial charge in [-0.25, -0.2) is 4.98 Å². The molecule has 1 amide bonds. The van der Waals surface area contributed by atoms with Crippen LogP contribution in [0.3, 0.4) is 0 Å². The molecule has 1 atom stereocenters. The maximum Gasteiger partial charge on any atom is 0.417 e. The molecule has 0 bridgehead atoms. The van der Waals surface area contributed by atoms with Crippen LogP contribution in [0, 0.1) is 0 Å². The van der Waals surface area contributed by atoms with Gasteiger partial charge in [-0.05, 0) is 31.4 Å². The summed E-state index contributed by atoms with van der Waals surface area (Å²) in [5, 5.41) is 0. The highest BCUT2D eigenvalue weighted by atomic mass is 19.4. The Bertz CT molecular complexity index is 571. The lowest BCUT2D eigenvalue weighted by molar-refractivity contribution is -0.140. The van der Waals surface area contributed by atoms with E-state index in [2.05, 4.69) is 4.98 Å². The minimum atomic E-state index is -4.38. The number of hydrogen-bond acceptors (Lipinski definition) is 4. The fourth-order valence-electron chi connectivity index (χ4n) is 3.08. The van der Waals surface area contributed by atoms with Crippen molar-refractivity contribution in [3.8, 4) is 0 Å². The number of nitrogens with zero attached hydrogens (tertiary/aromatic N) is 3. The summed E-state index contributed by atoms with van der Waals surface area (Å²) in [6, 6.07) is 2.43. The number of carbonyl (C=O) groups is 1. The second-order valence-corrected chi connectivity index (χ2v) is 6.07. The van der Waals surface area contributed by atoms with Gasteiger partial charge in [-0.1, -0.05) is 0 Å². The molecule has 0 radical (unpaired) electrons. The molecule has 8 heteroatoms. The first-order chi connectivity index (χ1) is 11.4. The van der Waals surface area contributed by atoms with Crippen molar-refractivity contribution in [2.24, 2.45) is 0 Å². The van der Waals surface area contributed by atoms with Crippen LogP contribution in [0.5, 0.6) is 0 Å². The number of pyridine rings is 1. The predicted octanol–water partition coefficient (Wildman–Crippen LogP) is 2.32. The van der Waals surface area contributed by atoms with Gasteiger partial charge < -0.3 is 14.5 Å². The third-order valence-corrected chi connectivity index (χ3v) is 4.41. The van der Waals surface area contributed by atoms with Gasteiger partial charge in [0.15, 0.2) is 0 Å². The summed E-state index contributed by atoms with van der Waals surface area (Å²) >= 11 is 0. The molecule has 0 N–H and O–H groups in total. The molecule has 1 aromatic rings. The number of hydrogen-bond donors (Lipinski definition) is 0. The van der Waals surface area contributed by atoms with Gasteiger partial charge in [-0.3, -0.25) is 4.79 Å². The summed E-state index contributed by atoms with van der Waals surface area (Å²) in [6.07, 6.45) is -1.43. The Labute approximate surface area is 138 Å². The zero-order valence-electron chi connectivity index (χ0n) is 13.3. The summed E-state index contributed by atoms with van der Waals surface area (Å²) in [4.78, 5) is 20.0. The van der Waals surface area contributed by atoms with Crippen LogP contribution in [0.1, 0.15) is 24.8 Å². The van der Waals surface area contributed by atoms with Gasteiger partial charge >= 0.3 is 6.18 Å². The molecule has 3 rings (SSSR count). The third kappa shape index (κ3) is 3.80. The zero-order chi connectivity index (χ0) is 17.2. The monoisotopic (exact) mass is 343 g/mol. The van der Waals surface area contributed by atoms with E-state index in [-0.39, 0.29) is 12.0 Å². The van der Waals surface area contributed by atoms with E-state index in [0.29, 0.717) is 38.6 Å². The highest BCUT2D eigenvalue weighted by Crippen LogP contribution is 2.29. The zero-order valence-corrected chi connectivity index (χ0v) is 13.3. The summed E-state index contributed by atoms with van der Waals surface area (Å²) in [5.74, 6) is 0.532. The van der Waals surface area contributed by atoms with Crippen LogP contribution in [-0.4, -0.2) is 54.7 Å². The molecule has 0 aliphatic carbocycles. The molecule has 0 unspecified atom stereocenters. The van der Waals surface area contributed by atoms with Crippen molar-refractivity contribution in [3.05, 3.63) is 23.9 Å². The normalized spacial score (nSPS) is 22.5. The first kappa shape index (κ1) is 17.0. The van der Waals surface area contributed by atoms with Crippen LogP contribution in [0.2, 0.25) is 0 Å². The van der Waals surface area contributed by atoms with Crippen LogP contribution in [0.4, 0.5) is 19.0 Å². The number of ether oxygens (including phenoxy) is 1. The molecule has 2 aliphatic heterocycles. The van der Waals surface area contributed by atoms with Gasteiger partial charge in [0.05, 0.1) is 5.56 Å². The quantitative estimate of drug-likeness (QED) is 0.827. The van der Waals surface area contributed by atoms with E-state index in [0.717, 1.165) is 31.5 Å². The van der Waals surface area contributed by atoms with Crippen molar-refractivity contribution in [1.29, 1.82) is 0 Å². The second kappa shape index (κ2) is 6.96. The second-order valence-electron chi connectivity index (χ2n) is 6.07. The first-order valence-electron chi connectivity index (χ1n) is 8.14. The average Bonchev–Trinajstić information content (AvgIpc) is 2.98. The van der Waals surface area contributed by atoms with Gasteiger partial charge in [0, 0.05) is 39.0 Å². The molecule has 1 aromatic heterocycles. The molecule has 24 heavy (non-hydrogen) atoms. The Kier molecular flexibility index (Phi) is 4.93. The summed E-state index contributed by atoms with van der Waals surface area (Å²) in [7, 11) is 0. The molecule has 2 aliphatic rings. The highest BCUT2D eigenvalue weighted by Gasteiger charge is 2.32. The highest BCUT2D eigenvalue weighted by molar-refractivity contribution is 5.81. The summed E-state index contributed by atoms with van der Waals surface area (Å²) in [6.45, 7) is 3.01. The topological polar surface area (TPSA) is 45.7 Å². The largest absolute Gasteiger partial charge is 0.417 e. The minimum absolute atomic E-state index is 0.0229. The number of aromatic nitrogens is 1. The molecular weight excluding hydrogens is 323 g/mol. The Hall–Kier alpha value is -1.83. The van der Waals surface area contributed by atoms with Crippen LogP contribution in [0.15, 0.2) is 18.3 Å². The number of amides is 1. The molecule has 2 saturated heterocycles. The number of alkyl halides is 3. The number of anilines is 1. The minimum Gasteiger partial charge on any atom is -0.368 e. The van der Waals surface area contributed by atoms with Crippen molar-refractivity contribution in [1.82, 2.24) is 9.88 Å². The summed E-state index contributed by atoms with van der Waals surface area (Å²) < 4.78 is 43.3. The van der Waals surface area contributed by atoms with E-state index in [1.54, 1.807) is 4.90 Å². The fourth-order valence-corrected chi connectivity index (χ4v) is 3.08. The van der Waals surface area contributed by atoms with Crippen LogP contribution in [0.25, 0.3) is 0 Å². The van der Waals surface area contributed by atoms with E-state index < -0.39 is 11.7 Å². The van der Waals surface area contributed by atoms with Crippen LogP contribution >= 0.6 is 0 Å². The Morgan fingerprint density at radius 3 is 2.62 bits per heavy atom. The third-order valence-electron chi connectivity index (χ3n) is 4.41. The van der Waals surface area contributed by atoms with Crippen molar-refractivity contribution < 1.29 is 22.7 Å². The van der Waals surface area contributed by atoms with E-state index in [4.69, 9.17) is 4.74 Å². The molecule has 0 saturated carbocycles. The van der Waals surface area contributed by atoms with Crippen molar-refractivity contribution in [3.63, 3.8) is 0 Å². The Morgan fingerprint density at radius 1 is 1.17 bits per heavy atom. The van der Waals surface area contributed by atoms with E-state index in [9.17, 15) is 18.0 Å². The first-order valence-corrected chi connectivity index (χ1v) is 8.14. The average molecular weight is 343 g/mol. The van der Waals surface area contributed by atoms with Gasteiger partial charge in [0.1, 0.15) is 11.9 Å². The standard InChI is InChI=1S/C16H20F3N3O2/c17-16(18,19)12-4-5-14(20-11-12)21-6-2-7-22(9-8-21)15(23)13-3-1-10-24-13/h4-5,11,13H,1-3,6-10H2/t13-/m0/s1. The lowest BCUT2D eigenvalue weighted by atomic mass is 10.2. The number of halogens is 3. The predicted molar refractivity (Wildman–Crippen MR) is 81.6 cm³/mol. The lowest BCUT2D eigenvalue weighted by Crippen LogP contribution is -2.41. The SMILES string of the molecule is O=C([C@@H]1CCCO1)N1CCCN(c2ccc(C(F)(F)F)cn2)CC1. The van der Waals surface area contributed by atoms with Crippen molar-refractivity contribution in [2.45, 2.75) is 31.5 Å². The fraction of sp³-hybridized carbons (Fsp3) is 0.625. The van der Waals surface area contributed by atoms with Crippen molar-refractivity contribution >= 4 is 11.7 Å². The van der Waals surface area contributed by atoms with Gasteiger partial charge in [0.2, 0.25) is 0 Å². The maximum atomic E-state index is 12.6. The van der Waals surface area contributed by atoms with E-state index in [1.807, 2.05) is 4.90 Å². The Balaban J connectivity index is 1.61. The Morgan fingerprint density at radius 2 is 2.00 bits per heavy atom. The number of carbonyl (C=O) groups excluding carboxylic acids is 1. The van der Waals surface area contributed by atoms with Gasteiger partial charge in [-0.15, -0.1) is 0 Å². The molecule has 0 aromatic carbocycles. The molecule has 5 nitrogen and oxygen atoms in total. The number of rotatable bonds is 2. The smallest absolute Gasteiger partial charge is 0.368 e.